The molecule has 0 spiro atoms. The lowest BCUT2D eigenvalue weighted by Gasteiger charge is -2.09. The maximum absolute atomic E-state index is 13.3. The Morgan fingerprint density at radius 1 is 1.05 bits per heavy atom. The van der Waals surface area contributed by atoms with E-state index in [1.54, 1.807) is 0 Å². The summed E-state index contributed by atoms with van der Waals surface area (Å²) in [5, 5.41) is 2.80. The third-order valence-corrected chi connectivity index (χ3v) is 2.64. The number of ether oxygens (including phenoxy) is 1. The van der Waals surface area contributed by atoms with Gasteiger partial charge in [-0.2, -0.15) is 0 Å². The first-order chi connectivity index (χ1) is 9.15. The molecule has 0 aromatic heterocycles. The Hall–Kier alpha value is -2.10. The Kier molecular flexibility index (Phi) is 4.34. The van der Waals surface area contributed by atoms with Crippen molar-refractivity contribution in [3.05, 3.63) is 59.7 Å². The lowest BCUT2D eigenvalue weighted by molar-refractivity contribution is 0.332. The molecule has 19 heavy (non-hydrogen) atoms. The molecule has 0 radical (unpaired) electrons. The van der Waals surface area contributed by atoms with Crippen molar-refractivity contribution < 1.29 is 13.5 Å². The number of nitrogens with one attached hydrogen (secondary N) is 1. The van der Waals surface area contributed by atoms with Crippen molar-refractivity contribution in [2.45, 2.75) is 6.92 Å². The second-order valence-electron chi connectivity index (χ2n) is 4.21. The molecule has 2 aromatic rings. The fraction of sp³-hybridized carbons (Fsp3) is 0.200. The zero-order chi connectivity index (χ0) is 13.7. The fourth-order valence-electron chi connectivity index (χ4n) is 1.62. The topological polar surface area (TPSA) is 21.3 Å². The smallest absolute Gasteiger partial charge is 0.146 e. The van der Waals surface area contributed by atoms with E-state index in [0.717, 1.165) is 29.5 Å². The van der Waals surface area contributed by atoms with Gasteiger partial charge in [-0.05, 0) is 37.3 Å². The highest BCUT2D eigenvalue weighted by molar-refractivity contribution is 5.44. The van der Waals surface area contributed by atoms with Crippen molar-refractivity contribution in [2.24, 2.45) is 0 Å². The van der Waals surface area contributed by atoms with E-state index in [1.807, 2.05) is 31.2 Å². The monoisotopic (exact) mass is 263 g/mol. The number of benzene rings is 2. The van der Waals surface area contributed by atoms with E-state index in [0.29, 0.717) is 13.2 Å². The second-order valence-corrected chi connectivity index (χ2v) is 4.21. The molecule has 0 saturated heterocycles. The fourth-order valence-corrected chi connectivity index (χ4v) is 1.62. The molecule has 0 bridgehead atoms. The van der Waals surface area contributed by atoms with Crippen LogP contribution in [-0.2, 0) is 0 Å². The van der Waals surface area contributed by atoms with Crippen LogP contribution in [0.2, 0.25) is 0 Å². The van der Waals surface area contributed by atoms with Gasteiger partial charge in [0.25, 0.3) is 0 Å². The van der Waals surface area contributed by atoms with Crippen molar-refractivity contribution in [1.82, 2.24) is 0 Å². The van der Waals surface area contributed by atoms with Crippen molar-refractivity contribution in [1.29, 1.82) is 0 Å². The molecular formula is C15H15F2NO. The molecular weight excluding hydrogens is 248 g/mol. The summed E-state index contributed by atoms with van der Waals surface area (Å²) < 4.78 is 31.7. The maximum atomic E-state index is 13.3. The van der Waals surface area contributed by atoms with Gasteiger partial charge >= 0.3 is 0 Å². The van der Waals surface area contributed by atoms with Gasteiger partial charge in [0.15, 0.2) is 0 Å². The highest BCUT2D eigenvalue weighted by Gasteiger charge is 2.02. The lowest BCUT2D eigenvalue weighted by atomic mass is 10.2. The third kappa shape index (κ3) is 3.95. The van der Waals surface area contributed by atoms with Crippen LogP contribution in [0.5, 0.6) is 5.75 Å². The molecule has 0 amide bonds. The number of halogens is 2. The van der Waals surface area contributed by atoms with Gasteiger partial charge in [-0.15, -0.1) is 0 Å². The van der Waals surface area contributed by atoms with E-state index in [9.17, 15) is 8.78 Å². The van der Waals surface area contributed by atoms with Crippen LogP contribution in [-0.4, -0.2) is 13.2 Å². The van der Waals surface area contributed by atoms with Crippen molar-refractivity contribution in [3.8, 4) is 5.75 Å². The lowest BCUT2D eigenvalue weighted by Crippen LogP contribution is -2.12. The molecule has 0 fully saturated rings. The van der Waals surface area contributed by atoms with Gasteiger partial charge < -0.3 is 10.1 Å². The van der Waals surface area contributed by atoms with Crippen LogP contribution in [0.3, 0.4) is 0 Å². The summed E-state index contributed by atoms with van der Waals surface area (Å²) in [7, 11) is 0. The molecule has 0 unspecified atom stereocenters. The quantitative estimate of drug-likeness (QED) is 0.829. The molecule has 0 heterocycles. The highest BCUT2D eigenvalue weighted by atomic mass is 19.1. The molecule has 1 N–H and O–H groups in total. The van der Waals surface area contributed by atoms with Crippen molar-refractivity contribution in [2.75, 3.05) is 18.5 Å². The van der Waals surface area contributed by atoms with E-state index >= 15 is 0 Å². The molecule has 0 atom stereocenters. The third-order valence-electron chi connectivity index (χ3n) is 2.64. The Morgan fingerprint density at radius 2 is 1.79 bits per heavy atom. The van der Waals surface area contributed by atoms with Crippen LogP contribution in [0.15, 0.2) is 42.5 Å². The predicted octanol–water partition coefficient (Wildman–Crippen LogP) is 3.76. The Labute approximate surface area is 111 Å². The van der Waals surface area contributed by atoms with E-state index in [2.05, 4.69) is 5.32 Å². The van der Waals surface area contributed by atoms with Crippen molar-refractivity contribution in [3.63, 3.8) is 0 Å². The first-order valence-corrected chi connectivity index (χ1v) is 6.03. The summed E-state index contributed by atoms with van der Waals surface area (Å²) in [5.74, 6) is -0.188. The summed E-state index contributed by atoms with van der Waals surface area (Å²) in [6.07, 6.45) is 0. The Morgan fingerprint density at radius 3 is 2.53 bits per heavy atom. The molecule has 2 rings (SSSR count). The average Bonchev–Trinajstić information content (AvgIpc) is 2.40. The summed E-state index contributed by atoms with van der Waals surface area (Å²) in [6, 6.07) is 11.0. The van der Waals surface area contributed by atoms with E-state index < -0.39 is 11.6 Å². The Balaban J connectivity index is 1.80. The number of hydrogen-bond acceptors (Lipinski definition) is 2. The SMILES string of the molecule is Cc1ccc(OCCNc2cc(F)ccc2F)cc1. The standard InChI is InChI=1S/C15H15F2NO/c1-11-2-5-13(6-3-11)19-9-8-18-15-10-12(16)4-7-14(15)17/h2-7,10,18H,8-9H2,1H3. The zero-order valence-electron chi connectivity index (χ0n) is 10.6. The minimum absolute atomic E-state index is 0.146. The first kappa shape index (κ1) is 13.3. The van der Waals surface area contributed by atoms with Gasteiger partial charge in [0.05, 0.1) is 5.69 Å². The van der Waals surface area contributed by atoms with Gasteiger partial charge in [0, 0.05) is 6.54 Å². The summed E-state index contributed by atoms with van der Waals surface area (Å²) in [4.78, 5) is 0. The normalized spacial score (nSPS) is 10.3. The van der Waals surface area contributed by atoms with Crippen LogP contribution in [0.4, 0.5) is 14.5 Å². The molecule has 2 aromatic carbocycles. The van der Waals surface area contributed by atoms with Gasteiger partial charge in [-0.3, -0.25) is 0 Å². The van der Waals surface area contributed by atoms with Crippen LogP contribution in [0.1, 0.15) is 5.56 Å². The predicted molar refractivity (Wildman–Crippen MR) is 71.5 cm³/mol. The molecule has 100 valence electrons. The molecule has 0 aliphatic heterocycles. The summed E-state index contributed by atoms with van der Waals surface area (Å²) in [5.41, 5.74) is 1.31. The second kappa shape index (κ2) is 6.18. The van der Waals surface area contributed by atoms with Gasteiger partial charge in [-0.25, -0.2) is 8.78 Å². The van der Waals surface area contributed by atoms with Gasteiger partial charge in [0.1, 0.15) is 24.0 Å². The van der Waals surface area contributed by atoms with Crippen molar-refractivity contribution >= 4 is 5.69 Å². The number of aryl methyl sites for hydroxylation is 1. The van der Waals surface area contributed by atoms with Crippen LogP contribution in [0, 0.1) is 18.6 Å². The molecule has 0 aliphatic rings. The largest absolute Gasteiger partial charge is 0.492 e. The Bertz CT molecular complexity index is 540. The van der Waals surface area contributed by atoms with Crippen LogP contribution < -0.4 is 10.1 Å². The van der Waals surface area contributed by atoms with Gasteiger partial charge in [0.2, 0.25) is 0 Å². The summed E-state index contributed by atoms with van der Waals surface area (Å²) >= 11 is 0. The maximum Gasteiger partial charge on any atom is 0.146 e. The molecule has 0 aliphatic carbocycles. The van der Waals surface area contributed by atoms with E-state index in [4.69, 9.17) is 4.74 Å². The van der Waals surface area contributed by atoms with Gasteiger partial charge in [-0.1, -0.05) is 17.7 Å². The zero-order valence-corrected chi connectivity index (χ0v) is 10.6. The summed E-state index contributed by atoms with van der Waals surface area (Å²) in [6.45, 7) is 2.77. The number of rotatable bonds is 5. The molecule has 2 nitrogen and oxygen atoms in total. The molecule has 4 heteroatoms. The number of anilines is 1. The van der Waals surface area contributed by atoms with Crippen LogP contribution in [0.25, 0.3) is 0 Å². The first-order valence-electron chi connectivity index (χ1n) is 6.03. The minimum atomic E-state index is -0.475. The highest BCUT2D eigenvalue weighted by Crippen LogP contribution is 2.15. The minimum Gasteiger partial charge on any atom is -0.492 e. The van der Waals surface area contributed by atoms with E-state index in [1.165, 1.54) is 0 Å². The van der Waals surface area contributed by atoms with Crippen LogP contribution >= 0.6 is 0 Å². The number of hydrogen-bond donors (Lipinski definition) is 1. The van der Waals surface area contributed by atoms with E-state index in [-0.39, 0.29) is 5.69 Å². The average molecular weight is 263 g/mol. The molecule has 0 saturated carbocycles.